The van der Waals surface area contributed by atoms with Crippen LogP contribution in [-0.2, 0) is 10.2 Å². The first-order valence-corrected chi connectivity index (χ1v) is 6.46. The normalized spacial score (nSPS) is 14.5. The molecule has 112 valence electrons. The van der Waals surface area contributed by atoms with Gasteiger partial charge in [0.2, 0.25) is 0 Å². The zero-order chi connectivity index (χ0) is 15.4. The number of ether oxygens (including phenoxy) is 1. The second-order valence-electron chi connectivity index (χ2n) is 5.95. The van der Waals surface area contributed by atoms with Gasteiger partial charge in [0.05, 0.1) is 5.69 Å². The van der Waals surface area contributed by atoms with Crippen LogP contribution in [-0.4, -0.2) is 29.8 Å². The molecule has 0 saturated carbocycles. The molecule has 0 spiro atoms. The molecule has 6 heteroatoms. The Morgan fingerprint density at radius 1 is 1.45 bits per heavy atom. The molecule has 1 aromatic rings. The summed E-state index contributed by atoms with van der Waals surface area (Å²) in [4.78, 5) is 15.7. The van der Waals surface area contributed by atoms with Crippen molar-refractivity contribution in [1.82, 2.24) is 10.3 Å². The van der Waals surface area contributed by atoms with E-state index < -0.39 is 22.9 Å². The fraction of sp³-hybridized carbons (Fsp3) is 0.571. The van der Waals surface area contributed by atoms with E-state index in [1.54, 1.807) is 27.7 Å². The van der Waals surface area contributed by atoms with Gasteiger partial charge < -0.3 is 15.8 Å². The number of carbonyl (C=O) groups is 1. The zero-order valence-corrected chi connectivity index (χ0v) is 12.4. The van der Waals surface area contributed by atoms with Crippen LogP contribution in [0.4, 0.5) is 9.18 Å². The minimum absolute atomic E-state index is 0.145. The smallest absolute Gasteiger partial charge is 0.407 e. The average molecular weight is 283 g/mol. The Labute approximate surface area is 118 Å². The molecule has 0 aliphatic heterocycles. The number of aromatic nitrogens is 1. The van der Waals surface area contributed by atoms with E-state index in [0.717, 1.165) is 0 Å². The minimum atomic E-state index is -0.789. The van der Waals surface area contributed by atoms with Crippen molar-refractivity contribution in [3.05, 3.63) is 29.8 Å². The van der Waals surface area contributed by atoms with Crippen LogP contribution in [0.25, 0.3) is 0 Å². The number of carbonyl (C=O) groups excluding carboxylic acids is 1. The lowest BCUT2D eigenvalue weighted by molar-refractivity contribution is 0.0515. The third-order valence-corrected chi connectivity index (χ3v) is 2.80. The molecule has 1 amide bonds. The van der Waals surface area contributed by atoms with Gasteiger partial charge in [-0.2, -0.15) is 0 Å². The van der Waals surface area contributed by atoms with Crippen molar-refractivity contribution in [1.29, 1.82) is 0 Å². The van der Waals surface area contributed by atoms with Crippen LogP contribution in [0.15, 0.2) is 18.3 Å². The summed E-state index contributed by atoms with van der Waals surface area (Å²) >= 11 is 0. The molecular formula is C14H22FN3O2. The van der Waals surface area contributed by atoms with E-state index >= 15 is 0 Å². The van der Waals surface area contributed by atoms with E-state index in [4.69, 9.17) is 10.5 Å². The highest BCUT2D eigenvalue weighted by molar-refractivity contribution is 5.67. The van der Waals surface area contributed by atoms with Crippen molar-refractivity contribution in [2.75, 3.05) is 13.1 Å². The van der Waals surface area contributed by atoms with Crippen LogP contribution in [0.1, 0.15) is 33.4 Å². The number of halogens is 1. The van der Waals surface area contributed by atoms with Gasteiger partial charge in [0, 0.05) is 24.7 Å². The van der Waals surface area contributed by atoms with Crippen LogP contribution in [0, 0.1) is 5.82 Å². The molecule has 0 radical (unpaired) electrons. The Hall–Kier alpha value is -1.69. The Morgan fingerprint density at radius 2 is 2.10 bits per heavy atom. The molecule has 1 atom stereocenters. The number of nitrogens with two attached hydrogens (primary N) is 1. The minimum Gasteiger partial charge on any atom is -0.444 e. The highest BCUT2D eigenvalue weighted by Crippen LogP contribution is 2.22. The summed E-state index contributed by atoms with van der Waals surface area (Å²) in [5.41, 5.74) is 4.58. The van der Waals surface area contributed by atoms with E-state index in [9.17, 15) is 9.18 Å². The number of rotatable bonds is 4. The summed E-state index contributed by atoms with van der Waals surface area (Å²) in [6.07, 6.45) is 0.938. The summed E-state index contributed by atoms with van der Waals surface area (Å²) in [7, 11) is 0. The molecule has 0 aliphatic carbocycles. The van der Waals surface area contributed by atoms with Gasteiger partial charge in [0.1, 0.15) is 11.4 Å². The van der Waals surface area contributed by atoms with E-state index in [0.29, 0.717) is 0 Å². The number of hydrogen-bond donors (Lipinski definition) is 2. The fourth-order valence-electron chi connectivity index (χ4n) is 1.66. The monoisotopic (exact) mass is 283 g/mol. The quantitative estimate of drug-likeness (QED) is 0.885. The van der Waals surface area contributed by atoms with Crippen LogP contribution in [0.3, 0.4) is 0 Å². The van der Waals surface area contributed by atoms with Gasteiger partial charge in [-0.3, -0.25) is 4.98 Å². The van der Waals surface area contributed by atoms with Gasteiger partial charge in [-0.05, 0) is 32.9 Å². The largest absolute Gasteiger partial charge is 0.444 e. The number of nitrogens with zero attached hydrogens (tertiary/aromatic N) is 1. The number of hydrogen-bond acceptors (Lipinski definition) is 4. The summed E-state index contributed by atoms with van der Waals surface area (Å²) in [6, 6.07) is 2.83. The summed E-state index contributed by atoms with van der Waals surface area (Å²) in [5, 5.41) is 2.61. The second kappa shape index (κ2) is 6.17. The topological polar surface area (TPSA) is 77.2 Å². The lowest BCUT2D eigenvalue weighted by Crippen LogP contribution is -2.46. The molecule has 5 nitrogen and oxygen atoms in total. The maximum atomic E-state index is 13.8. The van der Waals surface area contributed by atoms with Crippen LogP contribution in [0.2, 0.25) is 0 Å². The van der Waals surface area contributed by atoms with Crippen molar-refractivity contribution in [2.24, 2.45) is 5.73 Å². The fourth-order valence-corrected chi connectivity index (χ4v) is 1.66. The highest BCUT2D eigenvalue weighted by Gasteiger charge is 2.31. The van der Waals surface area contributed by atoms with E-state index in [1.807, 2.05) is 0 Å². The second-order valence-corrected chi connectivity index (χ2v) is 5.95. The summed E-state index contributed by atoms with van der Waals surface area (Å²) < 4.78 is 18.9. The Kier molecular flexibility index (Phi) is 5.05. The molecule has 0 bridgehead atoms. The molecule has 1 rings (SSSR count). The third kappa shape index (κ3) is 4.45. The molecule has 0 aliphatic rings. The van der Waals surface area contributed by atoms with Crippen molar-refractivity contribution in [3.63, 3.8) is 0 Å². The lowest BCUT2D eigenvalue weighted by atomic mass is 9.86. The van der Waals surface area contributed by atoms with Gasteiger partial charge in [-0.15, -0.1) is 0 Å². The van der Waals surface area contributed by atoms with Gasteiger partial charge >= 0.3 is 6.09 Å². The molecule has 0 aromatic carbocycles. The Morgan fingerprint density at radius 3 is 2.60 bits per heavy atom. The molecule has 1 heterocycles. The standard InChI is InChI=1S/C14H22FN3O2/c1-13(2,3)20-12(19)18-9-14(4,8-16)11-10(15)6-5-7-17-11/h5-7H,8-9,16H2,1-4H3,(H,18,19). The van der Waals surface area contributed by atoms with Crippen molar-refractivity contribution >= 4 is 6.09 Å². The lowest BCUT2D eigenvalue weighted by Gasteiger charge is -2.28. The molecule has 20 heavy (non-hydrogen) atoms. The highest BCUT2D eigenvalue weighted by atomic mass is 19.1. The first-order chi connectivity index (χ1) is 9.18. The maximum absolute atomic E-state index is 13.8. The predicted molar refractivity (Wildman–Crippen MR) is 74.8 cm³/mol. The molecule has 1 aromatic heterocycles. The first-order valence-electron chi connectivity index (χ1n) is 6.46. The Balaban J connectivity index is 2.77. The molecule has 0 saturated heterocycles. The summed E-state index contributed by atoms with van der Waals surface area (Å²) in [5.74, 6) is -0.438. The van der Waals surface area contributed by atoms with Gasteiger partial charge in [0.15, 0.2) is 0 Å². The van der Waals surface area contributed by atoms with Gasteiger partial charge in [0.25, 0.3) is 0 Å². The first kappa shape index (κ1) is 16.4. The number of amides is 1. The number of pyridine rings is 1. The molecule has 3 N–H and O–H groups in total. The van der Waals surface area contributed by atoms with Crippen LogP contribution >= 0.6 is 0 Å². The maximum Gasteiger partial charge on any atom is 0.407 e. The van der Waals surface area contributed by atoms with E-state index in [1.165, 1.54) is 18.3 Å². The van der Waals surface area contributed by atoms with E-state index in [-0.39, 0.29) is 18.8 Å². The number of nitrogens with one attached hydrogen (secondary N) is 1. The van der Waals surface area contributed by atoms with Gasteiger partial charge in [-0.1, -0.05) is 6.92 Å². The van der Waals surface area contributed by atoms with Crippen molar-refractivity contribution in [3.8, 4) is 0 Å². The zero-order valence-electron chi connectivity index (χ0n) is 12.4. The Bertz CT molecular complexity index is 474. The van der Waals surface area contributed by atoms with Crippen molar-refractivity contribution < 1.29 is 13.9 Å². The van der Waals surface area contributed by atoms with E-state index in [2.05, 4.69) is 10.3 Å². The molecule has 0 fully saturated rings. The third-order valence-electron chi connectivity index (χ3n) is 2.80. The van der Waals surface area contributed by atoms with Crippen LogP contribution in [0.5, 0.6) is 0 Å². The number of alkyl carbamates (subject to hydrolysis) is 1. The summed E-state index contributed by atoms with van der Waals surface area (Å²) in [6.45, 7) is 7.35. The molecule has 1 unspecified atom stereocenters. The predicted octanol–water partition coefficient (Wildman–Crippen LogP) is 1.96. The van der Waals surface area contributed by atoms with Crippen molar-refractivity contribution in [2.45, 2.75) is 38.7 Å². The van der Waals surface area contributed by atoms with Gasteiger partial charge in [-0.25, -0.2) is 9.18 Å². The SMILES string of the molecule is CC(C)(C)OC(=O)NCC(C)(CN)c1ncccc1F. The van der Waals surface area contributed by atoms with Crippen LogP contribution < -0.4 is 11.1 Å². The molecular weight excluding hydrogens is 261 g/mol. The average Bonchev–Trinajstić information content (AvgIpc) is 2.34.